The van der Waals surface area contributed by atoms with Crippen molar-refractivity contribution in [1.29, 1.82) is 0 Å². The quantitative estimate of drug-likeness (QED) is 0.681. The van der Waals surface area contributed by atoms with Gasteiger partial charge in [0.25, 0.3) is 10.0 Å². The number of sulfonamides is 1. The van der Waals surface area contributed by atoms with Crippen molar-refractivity contribution in [3.05, 3.63) is 59.9 Å². The van der Waals surface area contributed by atoms with E-state index in [2.05, 4.69) is 10.00 Å². The monoisotopic (exact) mass is 396 g/mol. The van der Waals surface area contributed by atoms with Crippen LogP contribution in [0.3, 0.4) is 0 Å². The molecule has 0 spiro atoms. The molecule has 0 unspecified atom stereocenters. The molecule has 0 saturated heterocycles. The Balaban J connectivity index is 1.85. The lowest BCUT2D eigenvalue weighted by Gasteiger charge is -2.37. The first kappa shape index (κ1) is 18.6. The fourth-order valence-corrected chi connectivity index (χ4v) is 5.52. The highest BCUT2D eigenvalue weighted by molar-refractivity contribution is 7.93. The van der Waals surface area contributed by atoms with Crippen molar-refractivity contribution in [2.75, 3.05) is 29.3 Å². The number of para-hydroxylation sites is 1. The van der Waals surface area contributed by atoms with E-state index in [1.54, 1.807) is 21.3 Å². The highest BCUT2D eigenvalue weighted by Gasteiger charge is 2.33. The van der Waals surface area contributed by atoms with Crippen molar-refractivity contribution in [3.63, 3.8) is 0 Å². The van der Waals surface area contributed by atoms with E-state index in [1.165, 1.54) is 0 Å². The molecule has 0 saturated carbocycles. The number of hydrogen-bond donors (Lipinski definition) is 0. The van der Waals surface area contributed by atoms with Gasteiger partial charge in [0, 0.05) is 32.4 Å². The summed E-state index contributed by atoms with van der Waals surface area (Å²) < 4.78 is 30.7. The van der Waals surface area contributed by atoms with Crippen molar-refractivity contribution in [3.8, 4) is 11.1 Å². The first-order chi connectivity index (χ1) is 13.3. The van der Waals surface area contributed by atoms with Gasteiger partial charge in [-0.3, -0.25) is 8.99 Å². The first-order valence-corrected chi connectivity index (χ1v) is 10.7. The van der Waals surface area contributed by atoms with E-state index < -0.39 is 10.0 Å². The summed E-state index contributed by atoms with van der Waals surface area (Å²) in [4.78, 5) is 2.44. The van der Waals surface area contributed by atoms with Crippen LogP contribution in [-0.4, -0.2) is 38.3 Å². The molecule has 0 N–H and O–H groups in total. The second kappa shape index (κ2) is 6.67. The Kier molecular flexibility index (Phi) is 4.42. The van der Waals surface area contributed by atoms with Gasteiger partial charge >= 0.3 is 0 Å². The maximum Gasteiger partial charge on any atom is 0.264 e. The van der Waals surface area contributed by atoms with Gasteiger partial charge in [0.05, 0.1) is 29.0 Å². The number of rotatable bonds is 3. The average molecular weight is 397 g/mol. The summed E-state index contributed by atoms with van der Waals surface area (Å²) in [7, 11) is 0.147. The molecule has 146 valence electrons. The molecule has 6 nitrogen and oxygen atoms in total. The van der Waals surface area contributed by atoms with Gasteiger partial charge in [0.15, 0.2) is 0 Å². The lowest BCUT2D eigenvalue weighted by atomic mass is 10.1. The first-order valence-electron chi connectivity index (χ1n) is 9.22. The van der Waals surface area contributed by atoms with Gasteiger partial charge in [-0.05, 0) is 42.7 Å². The zero-order valence-electron chi connectivity index (χ0n) is 16.5. The molecule has 1 aliphatic rings. The van der Waals surface area contributed by atoms with Crippen LogP contribution < -0.4 is 9.21 Å². The van der Waals surface area contributed by atoms with Crippen LogP contribution in [0.15, 0.2) is 53.7 Å². The van der Waals surface area contributed by atoms with Crippen LogP contribution in [0.5, 0.6) is 0 Å². The molecule has 0 radical (unpaired) electrons. The third-order valence-electron chi connectivity index (χ3n) is 5.31. The lowest BCUT2D eigenvalue weighted by molar-refractivity contribution is 0.588. The number of fused-ring (bicyclic) bond motifs is 1. The van der Waals surface area contributed by atoms with Gasteiger partial charge in [-0.1, -0.05) is 24.3 Å². The second-order valence-electron chi connectivity index (χ2n) is 7.32. The molecule has 2 heterocycles. The molecule has 0 aliphatic carbocycles. The third-order valence-corrected chi connectivity index (χ3v) is 7.25. The van der Waals surface area contributed by atoms with E-state index in [9.17, 15) is 8.42 Å². The van der Waals surface area contributed by atoms with E-state index in [-0.39, 0.29) is 0 Å². The van der Waals surface area contributed by atoms with Crippen molar-refractivity contribution in [2.24, 2.45) is 7.05 Å². The number of benzene rings is 2. The van der Waals surface area contributed by atoms with Crippen molar-refractivity contribution in [1.82, 2.24) is 9.78 Å². The third kappa shape index (κ3) is 2.96. The van der Waals surface area contributed by atoms with E-state index in [1.807, 2.05) is 64.5 Å². The molecule has 2 aromatic carbocycles. The maximum absolute atomic E-state index is 13.7. The predicted octanol–water partition coefficient (Wildman–Crippen LogP) is 3.35. The van der Waals surface area contributed by atoms with E-state index in [0.29, 0.717) is 18.0 Å². The highest BCUT2D eigenvalue weighted by Crippen LogP contribution is 2.39. The number of anilines is 2. The number of aryl methyl sites for hydroxylation is 3. The molecule has 3 aromatic rings. The SMILES string of the molecule is Cc1ccc(-c2cnn(C)c2)cc1S(=O)(=O)N1CCN(C)c2cccc(C)c21. The summed E-state index contributed by atoms with van der Waals surface area (Å²) in [6.45, 7) is 4.87. The number of aromatic nitrogens is 2. The number of nitrogens with zero attached hydrogens (tertiary/aromatic N) is 4. The van der Waals surface area contributed by atoms with Gasteiger partial charge < -0.3 is 4.90 Å². The summed E-state index contributed by atoms with van der Waals surface area (Å²) in [5.74, 6) is 0. The van der Waals surface area contributed by atoms with Gasteiger partial charge in [-0.15, -0.1) is 0 Å². The van der Waals surface area contributed by atoms with Gasteiger partial charge in [-0.2, -0.15) is 5.10 Å². The lowest BCUT2D eigenvalue weighted by Crippen LogP contribution is -2.43. The number of hydrogen-bond acceptors (Lipinski definition) is 4. The minimum Gasteiger partial charge on any atom is -0.371 e. The van der Waals surface area contributed by atoms with Crippen LogP contribution >= 0.6 is 0 Å². The fourth-order valence-electron chi connectivity index (χ4n) is 3.74. The van der Waals surface area contributed by atoms with Gasteiger partial charge in [0.2, 0.25) is 0 Å². The largest absolute Gasteiger partial charge is 0.371 e. The van der Waals surface area contributed by atoms with Crippen LogP contribution in [0, 0.1) is 13.8 Å². The van der Waals surface area contributed by atoms with Crippen LogP contribution in [-0.2, 0) is 17.1 Å². The minimum absolute atomic E-state index is 0.340. The highest BCUT2D eigenvalue weighted by atomic mass is 32.2. The van der Waals surface area contributed by atoms with Crippen molar-refractivity contribution < 1.29 is 8.42 Å². The predicted molar refractivity (Wildman–Crippen MR) is 112 cm³/mol. The van der Waals surface area contributed by atoms with E-state index in [0.717, 1.165) is 33.6 Å². The van der Waals surface area contributed by atoms with Crippen LogP contribution in [0.4, 0.5) is 11.4 Å². The normalized spacial score (nSPS) is 14.3. The Bertz CT molecular complexity index is 1150. The van der Waals surface area contributed by atoms with Gasteiger partial charge in [0.1, 0.15) is 0 Å². The Morgan fingerprint density at radius 3 is 2.46 bits per heavy atom. The van der Waals surface area contributed by atoms with Gasteiger partial charge in [-0.25, -0.2) is 8.42 Å². The molecular weight excluding hydrogens is 372 g/mol. The van der Waals surface area contributed by atoms with Crippen molar-refractivity contribution >= 4 is 21.4 Å². The maximum atomic E-state index is 13.7. The molecule has 0 fully saturated rings. The molecule has 1 aromatic heterocycles. The molecule has 0 atom stereocenters. The zero-order valence-corrected chi connectivity index (χ0v) is 17.4. The summed E-state index contributed by atoms with van der Waals surface area (Å²) in [6, 6.07) is 11.5. The molecule has 1 aliphatic heterocycles. The Hall–Kier alpha value is -2.80. The zero-order chi connectivity index (χ0) is 20.1. The van der Waals surface area contributed by atoms with E-state index in [4.69, 9.17) is 0 Å². The summed E-state index contributed by atoms with van der Waals surface area (Å²) in [5, 5.41) is 4.20. The van der Waals surface area contributed by atoms with Crippen LogP contribution in [0.2, 0.25) is 0 Å². The molecule has 28 heavy (non-hydrogen) atoms. The molecule has 0 bridgehead atoms. The topological polar surface area (TPSA) is 58.4 Å². The summed E-state index contributed by atoms with van der Waals surface area (Å²) in [5.41, 5.74) is 5.14. The fraction of sp³-hybridized carbons (Fsp3) is 0.286. The summed E-state index contributed by atoms with van der Waals surface area (Å²) >= 11 is 0. The molecule has 7 heteroatoms. The molecule has 0 amide bonds. The van der Waals surface area contributed by atoms with E-state index >= 15 is 0 Å². The van der Waals surface area contributed by atoms with Crippen molar-refractivity contribution in [2.45, 2.75) is 18.7 Å². The Morgan fingerprint density at radius 1 is 0.964 bits per heavy atom. The van der Waals surface area contributed by atoms with Crippen LogP contribution in [0.1, 0.15) is 11.1 Å². The smallest absolute Gasteiger partial charge is 0.264 e. The Labute approximate surface area is 166 Å². The summed E-state index contributed by atoms with van der Waals surface area (Å²) in [6.07, 6.45) is 3.63. The standard InChI is InChI=1S/C21H24N4O2S/c1-15-8-9-17(18-13-22-24(4)14-18)12-20(15)28(26,27)25-11-10-23(3)19-7-5-6-16(2)21(19)25/h5-9,12-14H,10-11H2,1-4H3. The average Bonchev–Trinajstić information content (AvgIpc) is 3.09. The minimum atomic E-state index is -3.70. The second-order valence-corrected chi connectivity index (χ2v) is 9.16. The Morgan fingerprint density at radius 2 is 1.75 bits per heavy atom. The van der Waals surface area contributed by atoms with Crippen LogP contribution in [0.25, 0.3) is 11.1 Å². The molecule has 4 rings (SSSR count). The number of likely N-dealkylation sites (N-methyl/N-ethyl adjacent to an activating group) is 1. The molecular formula is C21H24N4O2S.